The largest absolute Gasteiger partial charge is 0.456 e. The number of nitrogens with zero attached hydrogens (tertiary/aromatic N) is 3. The molecule has 0 aliphatic carbocycles. The van der Waals surface area contributed by atoms with E-state index in [0.29, 0.717) is 0 Å². The molecule has 0 unspecified atom stereocenters. The summed E-state index contributed by atoms with van der Waals surface area (Å²) in [6, 6.07) is 101. The Morgan fingerprint density at radius 2 is 0.829 bits per heavy atom. The first-order valence-corrected chi connectivity index (χ1v) is 27.9. The van der Waals surface area contributed by atoms with Gasteiger partial charge in [0.1, 0.15) is 11.2 Å². The molecule has 0 atom stereocenters. The SMILES string of the molecule is CC(C)(C)c1ccc(N(c2ccc3c(c2)N(c2ccccc2)c2cc(S(c4ccccc4)(c4ccccc4)c4ccccc4)cc4c2B3c2ccccc2N4c2ccccc2)c2ccc3oc4ccccc4c3c2)cc1. The van der Waals surface area contributed by atoms with Crippen LogP contribution in [0.3, 0.4) is 0 Å². The number of anilines is 9. The molecule has 0 amide bonds. The molecule has 0 N–H and O–H groups in total. The Morgan fingerprint density at radius 3 is 1.42 bits per heavy atom. The summed E-state index contributed by atoms with van der Waals surface area (Å²) in [5.74, 6) is 0. The van der Waals surface area contributed by atoms with Crippen molar-refractivity contribution in [3.8, 4) is 0 Å². The molecule has 0 radical (unpaired) electrons. The number of fused-ring (bicyclic) bond motifs is 7. The smallest absolute Gasteiger partial charge is 0.252 e. The zero-order valence-electron chi connectivity index (χ0n) is 42.7. The van der Waals surface area contributed by atoms with E-state index in [2.05, 4.69) is 302 Å². The van der Waals surface area contributed by atoms with Gasteiger partial charge < -0.3 is 19.1 Å². The van der Waals surface area contributed by atoms with E-state index in [1.54, 1.807) is 0 Å². The van der Waals surface area contributed by atoms with Gasteiger partial charge in [0.15, 0.2) is 0 Å². The highest BCUT2D eigenvalue weighted by Crippen LogP contribution is 2.74. The standard InChI is InChI=1S/C70H54BN3OS/c1-70(2,3)49-37-39-52(40-38-49)72(53-42-44-68-60(45-53)59-33-19-22-36-67(59)75-68)54-41-43-62-64(46-54)74(51-25-11-5-12-26-51)66-48-58(47-65-69(66)71(62)61-34-20-21-35-63(61)73(65)50-23-9-4-10-24-50)76(55-27-13-6-14-28-55,56-29-15-7-16-30-56)57-31-17-8-18-32-57/h4-48H,1-3H3. The number of benzene rings is 11. The molecule has 0 bridgehead atoms. The first-order valence-electron chi connectivity index (χ1n) is 26.3. The van der Waals surface area contributed by atoms with E-state index in [1.165, 1.54) is 52.9 Å². The van der Waals surface area contributed by atoms with Gasteiger partial charge in [-0.15, -0.1) is 10.0 Å². The Labute approximate surface area is 447 Å². The van der Waals surface area contributed by atoms with Crippen molar-refractivity contribution in [2.24, 2.45) is 0 Å². The van der Waals surface area contributed by atoms with Crippen LogP contribution in [0.5, 0.6) is 0 Å². The molecule has 12 aromatic rings. The fourth-order valence-corrected chi connectivity index (χ4v) is 15.9. The van der Waals surface area contributed by atoms with Gasteiger partial charge in [-0.3, -0.25) is 0 Å². The highest BCUT2D eigenvalue weighted by Gasteiger charge is 2.45. The Kier molecular flexibility index (Phi) is 10.9. The third kappa shape index (κ3) is 7.31. The van der Waals surface area contributed by atoms with E-state index in [0.717, 1.165) is 61.8 Å². The molecule has 4 nitrogen and oxygen atoms in total. The highest BCUT2D eigenvalue weighted by molar-refractivity contribution is 8.34. The quantitative estimate of drug-likeness (QED) is 0.134. The summed E-state index contributed by atoms with van der Waals surface area (Å²) in [4.78, 5) is 12.6. The van der Waals surface area contributed by atoms with Crippen LogP contribution < -0.4 is 31.1 Å². The molecule has 14 rings (SSSR count). The predicted molar refractivity (Wildman–Crippen MR) is 321 cm³/mol. The third-order valence-corrected chi connectivity index (χ3v) is 19.4. The number of rotatable bonds is 9. The van der Waals surface area contributed by atoms with Gasteiger partial charge >= 0.3 is 0 Å². The number of para-hydroxylation sites is 4. The van der Waals surface area contributed by atoms with Gasteiger partial charge in [0.2, 0.25) is 0 Å². The molecule has 0 saturated heterocycles. The number of furan rings is 1. The number of hydrogen-bond donors (Lipinski definition) is 0. The molecule has 1 aromatic heterocycles. The van der Waals surface area contributed by atoms with Crippen LogP contribution >= 0.6 is 10.0 Å². The van der Waals surface area contributed by atoms with E-state index in [1.807, 2.05) is 6.07 Å². The monoisotopic (exact) mass is 995 g/mol. The van der Waals surface area contributed by atoms with Gasteiger partial charge in [0, 0.05) is 81.5 Å². The van der Waals surface area contributed by atoms with E-state index in [-0.39, 0.29) is 12.1 Å². The van der Waals surface area contributed by atoms with Crippen LogP contribution in [0.15, 0.2) is 297 Å². The molecular formula is C70H54BN3OS. The second-order valence-corrected chi connectivity index (χ2v) is 24.0. The van der Waals surface area contributed by atoms with Crippen molar-refractivity contribution in [2.75, 3.05) is 14.7 Å². The molecule has 0 saturated carbocycles. The summed E-state index contributed by atoms with van der Waals surface area (Å²) in [6.07, 6.45) is 0. The average molecular weight is 996 g/mol. The summed E-state index contributed by atoms with van der Waals surface area (Å²) in [7, 11) is -2.14. The van der Waals surface area contributed by atoms with E-state index in [9.17, 15) is 0 Å². The second-order valence-electron chi connectivity index (χ2n) is 20.9. The van der Waals surface area contributed by atoms with Crippen molar-refractivity contribution in [3.05, 3.63) is 279 Å². The zero-order chi connectivity index (χ0) is 51.0. The van der Waals surface area contributed by atoms with E-state index < -0.39 is 10.0 Å². The molecule has 2 aliphatic rings. The van der Waals surface area contributed by atoms with Crippen molar-refractivity contribution in [1.29, 1.82) is 0 Å². The minimum Gasteiger partial charge on any atom is -0.456 e. The fraction of sp³-hybridized carbons (Fsp3) is 0.0571. The molecule has 364 valence electrons. The van der Waals surface area contributed by atoms with Crippen molar-refractivity contribution in [2.45, 2.75) is 45.8 Å². The molecule has 76 heavy (non-hydrogen) atoms. The van der Waals surface area contributed by atoms with Crippen molar-refractivity contribution < 1.29 is 4.42 Å². The Morgan fingerprint density at radius 1 is 0.368 bits per heavy atom. The van der Waals surface area contributed by atoms with E-state index >= 15 is 0 Å². The van der Waals surface area contributed by atoms with Crippen LogP contribution in [-0.4, -0.2) is 6.71 Å². The average Bonchev–Trinajstić information content (AvgIpc) is 3.85. The predicted octanol–water partition coefficient (Wildman–Crippen LogP) is 17.8. The topological polar surface area (TPSA) is 22.9 Å². The van der Waals surface area contributed by atoms with Crippen molar-refractivity contribution in [3.63, 3.8) is 0 Å². The summed E-state index contributed by atoms with van der Waals surface area (Å²) in [5.41, 5.74) is 16.9. The van der Waals surface area contributed by atoms with Crippen LogP contribution in [0.25, 0.3) is 21.9 Å². The third-order valence-electron chi connectivity index (χ3n) is 15.5. The van der Waals surface area contributed by atoms with Crippen LogP contribution in [0, 0.1) is 0 Å². The minimum absolute atomic E-state index is 0.00169. The van der Waals surface area contributed by atoms with Crippen LogP contribution in [0.1, 0.15) is 26.3 Å². The fourth-order valence-electron chi connectivity index (χ4n) is 12.0. The summed E-state index contributed by atoms with van der Waals surface area (Å²) in [5, 5.41) is 2.19. The zero-order valence-corrected chi connectivity index (χ0v) is 43.5. The van der Waals surface area contributed by atoms with Gasteiger partial charge in [0.05, 0.1) is 0 Å². The van der Waals surface area contributed by atoms with Gasteiger partial charge in [-0.25, -0.2) is 0 Å². The lowest BCUT2D eigenvalue weighted by molar-refractivity contribution is 0.590. The molecule has 6 heteroatoms. The molecule has 2 aliphatic heterocycles. The van der Waals surface area contributed by atoms with Gasteiger partial charge in [-0.1, -0.05) is 166 Å². The minimum atomic E-state index is -2.14. The van der Waals surface area contributed by atoms with Gasteiger partial charge in [0.25, 0.3) is 6.71 Å². The lowest BCUT2D eigenvalue weighted by atomic mass is 9.33. The Hall–Kier alpha value is -8.97. The summed E-state index contributed by atoms with van der Waals surface area (Å²) in [6.45, 7) is 6.76. The molecular weight excluding hydrogens is 942 g/mol. The van der Waals surface area contributed by atoms with Crippen molar-refractivity contribution >= 4 is 106 Å². The highest BCUT2D eigenvalue weighted by atomic mass is 32.3. The maximum Gasteiger partial charge on any atom is 0.252 e. The first-order chi connectivity index (χ1) is 37.3. The summed E-state index contributed by atoms with van der Waals surface area (Å²) >= 11 is 0. The molecule has 0 spiro atoms. The molecule has 0 fully saturated rings. The number of hydrogen-bond acceptors (Lipinski definition) is 4. The van der Waals surface area contributed by atoms with Crippen LogP contribution in [0.2, 0.25) is 0 Å². The first kappa shape index (κ1) is 45.6. The molecule has 11 aromatic carbocycles. The molecule has 3 heterocycles. The normalized spacial score (nSPS) is 13.1. The van der Waals surface area contributed by atoms with E-state index in [4.69, 9.17) is 4.42 Å². The Bertz CT molecular complexity index is 4010. The van der Waals surface area contributed by atoms with Gasteiger partial charge in [-0.05, 0) is 155 Å². The Balaban J connectivity index is 1.09. The van der Waals surface area contributed by atoms with Crippen LogP contribution in [-0.2, 0) is 5.41 Å². The van der Waals surface area contributed by atoms with Crippen molar-refractivity contribution in [1.82, 2.24) is 0 Å². The summed E-state index contributed by atoms with van der Waals surface area (Å²) < 4.78 is 6.42. The lowest BCUT2D eigenvalue weighted by Gasteiger charge is -2.47. The van der Waals surface area contributed by atoms with Gasteiger partial charge in [-0.2, -0.15) is 0 Å². The maximum absolute atomic E-state index is 6.42. The van der Waals surface area contributed by atoms with Crippen LogP contribution in [0.4, 0.5) is 51.2 Å². The second kappa shape index (κ2) is 18.2. The lowest BCUT2D eigenvalue weighted by Crippen LogP contribution is -2.61. The maximum atomic E-state index is 6.42.